The number of thiazole rings is 1. The van der Waals surface area contributed by atoms with Crippen molar-refractivity contribution in [1.29, 1.82) is 0 Å². The molecule has 0 saturated heterocycles. The summed E-state index contributed by atoms with van der Waals surface area (Å²) in [6.07, 6.45) is 2.21. The molecule has 0 bridgehead atoms. The van der Waals surface area contributed by atoms with Crippen LogP contribution < -0.4 is 16.3 Å². The second kappa shape index (κ2) is 6.52. The van der Waals surface area contributed by atoms with Crippen molar-refractivity contribution in [2.45, 2.75) is 6.54 Å². The lowest BCUT2D eigenvalue weighted by Crippen LogP contribution is -2.35. The molecule has 0 amide bonds. The first-order chi connectivity index (χ1) is 13.2. The Bertz CT molecular complexity index is 1240. The van der Waals surface area contributed by atoms with Gasteiger partial charge < -0.3 is 10.6 Å². The van der Waals surface area contributed by atoms with Crippen molar-refractivity contribution in [2.24, 2.45) is 4.99 Å². The Labute approximate surface area is 160 Å². The van der Waals surface area contributed by atoms with Crippen LogP contribution in [0.15, 0.2) is 71.7 Å². The van der Waals surface area contributed by atoms with Gasteiger partial charge in [-0.15, -0.1) is 0 Å². The van der Waals surface area contributed by atoms with Crippen molar-refractivity contribution in [1.82, 2.24) is 9.88 Å². The summed E-state index contributed by atoms with van der Waals surface area (Å²) in [6, 6.07) is 23.2. The SMILES string of the molecule is Nc1nc2cc(-c3ccc4c(c3)=CN(Cc3ccccc3)CN=4)ccc2s1. The summed E-state index contributed by atoms with van der Waals surface area (Å²) in [5.41, 5.74) is 10.4. The zero-order chi connectivity index (χ0) is 18.2. The van der Waals surface area contributed by atoms with E-state index in [9.17, 15) is 0 Å². The molecule has 1 aliphatic rings. The Morgan fingerprint density at radius 1 is 0.963 bits per heavy atom. The van der Waals surface area contributed by atoms with E-state index in [1.807, 2.05) is 6.07 Å². The number of benzene rings is 3. The summed E-state index contributed by atoms with van der Waals surface area (Å²) in [7, 11) is 0. The maximum Gasteiger partial charge on any atom is 0.181 e. The van der Waals surface area contributed by atoms with Gasteiger partial charge in [0, 0.05) is 18.0 Å². The number of nitrogens with two attached hydrogens (primary N) is 1. The molecule has 27 heavy (non-hydrogen) atoms. The molecule has 5 heteroatoms. The standard InChI is InChI=1S/C22H18N4S/c23-22-25-20-11-17(7-9-21(20)27-22)16-6-8-19-18(10-16)13-26(14-24-19)12-15-4-2-1-3-5-15/h1-11,13H,12,14H2,(H2,23,25). The van der Waals surface area contributed by atoms with Crippen molar-refractivity contribution in [3.8, 4) is 11.1 Å². The monoisotopic (exact) mass is 370 g/mol. The smallest absolute Gasteiger partial charge is 0.181 e. The molecule has 2 heterocycles. The van der Waals surface area contributed by atoms with Gasteiger partial charge in [0.1, 0.15) is 6.67 Å². The van der Waals surface area contributed by atoms with Gasteiger partial charge in [-0.05, 0) is 41.0 Å². The predicted molar refractivity (Wildman–Crippen MR) is 112 cm³/mol. The molecule has 4 aromatic rings. The molecular formula is C22H18N4S. The number of anilines is 1. The van der Waals surface area contributed by atoms with Crippen molar-refractivity contribution in [3.63, 3.8) is 0 Å². The Kier molecular flexibility index (Phi) is 3.87. The van der Waals surface area contributed by atoms with Crippen LogP contribution in [0.4, 0.5) is 5.13 Å². The number of aromatic nitrogens is 1. The van der Waals surface area contributed by atoms with Crippen LogP contribution in [0.3, 0.4) is 0 Å². The summed E-state index contributed by atoms with van der Waals surface area (Å²) in [5.74, 6) is 0. The molecule has 0 unspecified atom stereocenters. The fourth-order valence-corrected chi connectivity index (χ4v) is 4.14. The molecular weight excluding hydrogens is 352 g/mol. The molecule has 0 aliphatic carbocycles. The maximum absolute atomic E-state index is 5.83. The molecule has 0 saturated carbocycles. The average molecular weight is 370 g/mol. The molecule has 3 aromatic carbocycles. The molecule has 4 nitrogen and oxygen atoms in total. The van der Waals surface area contributed by atoms with E-state index < -0.39 is 0 Å². The Hall–Kier alpha value is -3.18. The number of fused-ring (bicyclic) bond motifs is 2. The van der Waals surface area contributed by atoms with E-state index in [-0.39, 0.29) is 0 Å². The number of rotatable bonds is 3. The highest BCUT2D eigenvalue weighted by atomic mass is 32.1. The zero-order valence-electron chi connectivity index (χ0n) is 14.7. The lowest BCUT2D eigenvalue weighted by molar-refractivity contribution is 0.407. The van der Waals surface area contributed by atoms with Crippen LogP contribution in [0, 0.1) is 0 Å². The average Bonchev–Trinajstić information content (AvgIpc) is 3.07. The summed E-state index contributed by atoms with van der Waals surface area (Å²) in [6.45, 7) is 1.55. The van der Waals surface area contributed by atoms with Crippen LogP contribution in [0.1, 0.15) is 5.56 Å². The number of hydrogen-bond acceptors (Lipinski definition) is 5. The summed E-state index contributed by atoms with van der Waals surface area (Å²) < 4.78 is 1.12. The van der Waals surface area contributed by atoms with Gasteiger partial charge in [-0.2, -0.15) is 0 Å². The highest BCUT2D eigenvalue weighted by Gasteiger charge is 2.08. The zero-order valence-corrected chi connectivity index (χ0v) is 15.5. The minimum atomic E-state index is 0.608. The van der Waals surface area contributed by atoms with Gasteiger partial charge in [0.25, 0.3) is 0 Å². The second-order valence-electron chi connectivity index (χ2n) is 6.67. The quantitative estimate of drug-likeness (QED) is 0.601. The molecule has 0 spiro atoms. The molecule has 1 aromatic heterocycles. The van der Waals surface area contributed by atoms with E-state index in [1.54, 1.807) is 0 Å². The van der Waals surface area contributed by atoms with Gasteiger partial charge in [0.05, 0.1) is 15.6 Å². The molecule has 5 rings (SSSR count). The van der Waals surface area contributed by atoms with Gasteiger partial charge in [0.15, 0.2) is 5.13 Å². The van der Waals surface area contributed by atoms with E-state index in [4.69, 9.17) is 10.7 Å². The lowest BCUT2D eigenvalue weighted by Gasteiger charge is -2.21. The summed E-state index contributed by atoms with van der Waals surface area (Å²) in [4.78, 5) is 11.4. The molecule has 2 N–H and O–H groups in total. The maximum atomic E-state index is 5.83. The van der Waals surface area contributed by atoms with E-state index in [0.29, 0.717) is 11.8 Å². The Morgan fingerprint density at radius 3 is 2.67 bits per heavy atom. The first-order valence-corrected chi connectivity index (χ1v) is 9.67. The highest BCUT2D eigenvalue weighted by molar-refractivity contribution is 7.22. The van der Waals surface area contributed by atoms with E-state index in [1.165, 1.54) is 16.9 Å². The second-order valence-corrected chi connectivity index (χ2v) is 7.73. The van der Waals surface area contributed by atoms with Crippen LogP contribution in [-0.2, 0) is 6.54 Å². The predicted octanol–water partition coefficient (Wildman–Crippen LogP) is 3.38. The van der Waals surface area contributed by atoms with Gasteiger partial charge in [-0.25, -0.2) is 4.98 Å². The minimum absolute atomic E-state index is 0.608. The highest BCUT2D eigenvalue weighted by Crippen LogP contribution is 2.28. The van der Waals surface area contributed by atoms with Crippen LogP contribution in [0.5, 0.6) is 0 Å². The Morgan fingerprint density at radius 2 is 1.78 bits per heavy atom. The molecule has 0 atom stereocenters. The van der Waals surface area contributed by atoms with Crippen molar-refractivity contribution in [2.75, 3.05) is 12.4 Å². The third kappa shape index (κ3) is 3.17. The molecule has 0 radical (unpaired) electrons. The fourth-order valence-electron chi connectivity index (χ4n) is 3.42. The van der Waals surface area contributed by atoms with Crippen molar-refractivity contribution < 1.29 is 0 Å². The normalized spacial score (nSPS) is 13.1. The topological polar surface area (TPSA) is 54.5 Å². The van der Waals surface area contributed by atoms with E-state index >= 15 is 0 Å². The number of nitrogens with zero attached hydrogens (tertiary/aromatic N) is 3. The molecule has 1 aliphatic heterocycles. The molecule has 0 fully saturated rings. The number of nitrogen functional groups attached to an aromatic ring is 1. The van der Waals surface area contributed by atoms with Gasteiger partial charge in [-0.1, -0.05) is 53.8 Å². The fraction of sp³-hybridized carbons (Fsp3) is 0.0909. The lowest BCUT2D eigenvalue weighted by atomic mass is 10.0. The van der Waals surface area contributed by atoms with Gasteiger partial charge in [-0.3, -0.25) is 4.99 Å². The largest absolute Gasteiger partial charge is 0.375 e. The van der Waals surface area contributed by atoms with Crippen LogP contribution in [0.2, 0.25) is 0 Å². The summed E-state index contributed by atoms with van der Waals surface area (Å²) in [5, 5.41) is 2.80. The minimum Gasteiger partial charge on any atom is -0.375 e. The van der Waals surface area contributed by atoms with E-state index in [2.05, 4.69) is 76.7 Å². The molecule has 132 valence electrons. The van der Waals surface area contributed by atoms with Crippen LogP contribution in [0.25, 0.3) is 27.5 Å². The summed E-state index contributed by atoms with van der Waals surface area (Å²) >= 11 is 1.52. The van der Waals surface area contributed by atoms with Gasteiger partial charge in [0.2, 0.25) is 0 Å². The van der Waals surface area contributed by atoms with Crippen molar-refractivity contribution >= 4 is 32.9 Å². The first kappa shape index (κ1) is 16.0. The van der Waals surface area contributed by atoms with Crippen molar-refractivity contribution in [3.05, 3.63) is 82.9 Å². The van der Waals surface area contributed by atoms with Gasteiger partial charge >= 0.3 is 0 Å². The Balaban J connectivity index is 1.51. The number of hydrogen-bond donors (Lipinski definition) is 1. The third-order valence-corrected chi connectivity index (χ3v) is 5.60. The first-order valence-electron chi connectivity index (χ1n) is 8.85. The van der Waals surface area contributed by atoms with E-state index in [0.717, 1.165) is 38.5 Å². The van der Waals surface area contributed by atoms with Crippen LogP contribution in [-0.4, -0.2) is 16.6 Å². The third-order valence-electron chi connectivity index (χ3n) is 4.74. The van der Waals surface area contributed by atoms with Crippen LogP contribution >= 0.6 is 11.3 Å².